The van der Waals surface area contributed by atoms with Crippen LogP contribution in [0.3, 0.4) is 0 Å². The van der Waals surface area contributed by atoms with E-state index in [1.165, 1.54) is 32.1 Å². The number of hydrogen-bond donors (Lipinski definition) is 2. The highest BCUT2D eigenvalue weighted by Gasteiger charge is 2.00. The van der Waals surface area contributed by atoms with E-state index < -0.39 is 0 Å². The molecule has 0 bridgehead atoms. The fourth-order valence-electron chi connectivity index (χ4n) is 2.48. The van der Waals surface area contributed by atoms with Gasteiger partial charge in [-0.3, -0.25) is 4.79 Å². The van der Waals surface area contributed by atoms with Gasteiger partial charge in [0, 0.05) is 26.0 Å². The summed E-state index contributed by atoms with van der Waals surface area (Å²) >= 11 is 0. The Balaban J connectivity index is 3.13. The van der Waals surface area contributed by atoms with Crippen molar-refractivity contribution in [1.82, 2.24) is 5.32 Å². The summed E-state index contributed by atoms with van der Waals surface area (Å²) in [7, 11) is 0. The zero-order valence-electron chi connectivity index (χ0n) is 14.2. The number of rotatable bonds is 17. The number of amides is 1. The summed E-state index contributed by atoms with van der Waals surface area (Å²) in [6.07, 6.45) is 15.6. The fraction of sp³-hybridized carbons (Fsp3) is 0.889. The highest BCUT2D eigenvalue weighted by atomic mass is 16.2. The minimum absolute atomic E-state index is 0.177. The van der Waals surface area contributed by atoms with Gasteiger partial charge < -0.3 is 15.2 Å². The lowest BCUT2D eigenvalue weighted by molar-refractivity contribution is -0.121. The van der Waals surface area contributed by atoms with Gasteiger partial charge in [-0.05, 0) is 25.7 Å². The van der Waals surface area contributed by atoms with Crippen molar-refractivity contribution in [2.24, 2.45) is 0 Å². The first-order valence-corrected chi connectivity index (χ1v) is 9.12. The molecule has 0 aliphatic rings. The summed E-state index contributed by atoms with van der Waals surface area (Å²) in [5.74, 6) is 0.177. The Morgan fingerprint density at radius 3 is 1.95 bits per heavy atom. The van der Waals surface area contributed by atoms with Crippen molar-refractivity contribution in [1.29, 1.82) is 0 Å². The highest BCUT2D eigenvalue weighted by Crippen LogP contribution is 2.10. The van der Waals surface area contributed by atoms with Crippen molar-refractivity contribution < 1.29 is 14.7 Å². The lowest BCUT2D eigenvalue weighted by Crippen LogP contribution is -2.23. The maximum atomic E-state index is 11.6. The summed E-state index contributed by atoms with van der Waals surface area (Å²) in [5, 5.41) is 11.6. The molecule has 0 rings (SSSR count). The summed E-state index contributed by atoms with van der Waals surface area (Å²) < 4.78 is 0. The summed E-state index contributed by atoms with van der Waals surface area (Å²) in [6.45, 7) is 1.04. The maximum absolute atomic E-state index is 11.6. The molecule has 0 aliphatic heterocycles. The largest absolute Gasteiger partial charge is 0.396 e. The fourth-order valence-corrected chi connectivity index (χ4v) is 2.48. The molecule has 4 nitrogen and oxygen atoms in total. The van der Waals surface area contributed by atoms with Gasteiger partial charge in [0.05, 0.1) is 0 Å². The molecule has 0 aliphatic carbocycles. The van der Waals surface area contributed by atoms with Gasteiger partial charge in [0.25, 0.3) is 0 Å². The molecule has 0 aromatic rings. The lowest BCUT2D eigenvalue weighted by Gasteiger charge is -2.05. The molecule has 0 fully saturated rings. The minimum atomic E-state index is 0.177. The predicted octanol–water partition coefficient (Wildman–Crippen LogP) is 3.76. The molecular weight excluding hydrogens is 278 g/mol. The first-order valence-electron chi connectivity index (χ1n) is 9.12. The van der Waals surface area contributed by atoms with Crippen LogP contribution in [0.25, 0.3) is 0 Å². The number of nitrogens with one attached hydrogen (secondary N) is 1. The van der Waals surface area contributed by atoms with Gasteiger partial charge in [-0.25, -0.2) is 0 Å². The van der Waals surface area contributed by atoms with Gasteiger partial charge >= 0.3 is 0 Å². The Morgan fingerprint density at radius 1 is 0.773 bits per heavy atom. The van der Waals surface area contributed by atoms with Crippen LogP contribution in [0, 0.1) is 0 Å². The number of carbonyl (C=O) groups excluding carboxylic acids is 2. The molecule has 2 N–H and O–H groups in total. The molecule has 0 radical (unpaired) electrons. The van der Waals surface area contributed by atoms with E-state index >= 15 is 0 Å². The molecule has 1 amide bonds. The van der Waals surface area contributed by atoms with Crippen LogP contribution in [0.4, 0.5) is 0 Å². The van der Waals surface area contributed by atoms with Crippen molar-refractivity contribution in [2.75, 3.05) is 13.2 Å². The quantitative estimate of drug-likeness (QED) is 0.317. The standard InChI is InChI=1S/C18H35NO3/c20-16-12-8-5-3-1-2-4-6-10-14-18(22)19-15-11-7-9-13-17-21/h16,21H,1-15,17H2,(H,19,22). The van der Waals surface area contributed by atoms with Gasteiger partial charge in [-0.1, -0.05) is 51.4 Å². The van der Waals surface area contributed by atoms with Gasteiger partial charge in [0.1, 0.15) is 6.29 Å². The molecule has 0 aromatic carbocycles. The molecule has 0 saturated carbocycles. The Kier molecular flexibility index (Phi) is 17.4. The summed E-state index contributed by atoms with van der Waals surface area (Å²) in [4.78, 5) is 21.7. The molecule has 0 atom stereocenters. The third-order valence-corrected chi connectivity index (χ3v) is 3.88. The van der Waals surface area contributed by atoms with Gasteiger partial charge in [-0.15, -0.1) is 0 Å². The second-order valence-corrected chi connectivity index (χ2v) is 6.02. The van der Waals surface area contributed by atoms with E-state index in [-0.39, 0.29) is 12.5 Å². The second kappa shape index (κ2) is 18.1. The first-order chi connectivity index (χ1) is 10.8. The van der Waals surface area contributed by atoms with Crippen LogP contribution in [0.1, 0.15) is 89.9 Å². The van der Waals surface area contributed by atoms with Crippen LogP contribution < -0.4 is 5.32 Å². The third-order valence-electron chi connectivity index (χ3n) is 3.88. The SMILES string of the molecule is O=CCCCCCCCCCCC(=O)NCCCCCCO. The first kappa shape index (κ1) is 21.1. The van der Waals surface area contributed by atoms with Crippen molar-refractivity contribution >= 4 is 12.2 Å². The average Bonchev–Trinajstić information content (AvgIpc) is 2.52. The Hall–Kier alpha value is -0.900. The van der Waals surface area contributed by atoms with Crippen LogP contribution in [0.5, 0.6) is 0 Å². The molecule has 0 spiro atoms. The van der Waals surface area contributed by atoms with Crippen molar-refractivity contribution in [3.05, 3.63) is 0 Å². The van der Waals surface area contributed by atoms with E-state index in [9.17, 15) is 9.59 Å². The summed E-state index contributed by atoms with van der Waals surface area (Å²) in [5.41, 5.74) is 0. The lowest BCUT2D eigenvalue weighted by atomic mass is 10.1. The molecule has 0 aromatic heterocycles. The van der Waals surface area contributed by atoms with Gasteiger partial charge in [0.2, 0.25) is 5.91 Å². The van der Waals surface area contributed by atoms with Crippen LogP contribution in [0.15, 0.2) is 0 Å². The molecule has 0 unspecified atom stereocenters. The second-order valence-electron chi connectivity index (χ2n) is 6.02. The van der Waals surface area contributed by atoms with Crippen LogP contribution in [-0.4, -0.2) is 30.5 Å². The topological polar surface area (TPSA) is 66.4 Å². The molecule has 4 heteroatoms. The molecule has 0 saturated heterocycles. The average molecular weight is 313 g/mol. The number of aliphatic hydroxyl groups is 1. The van der Waals surface area contributed by atoms with Crippen molar-refractivity contribution in [2.45, 2.75) is 89.9 Å². The van der Waals surface area contributed by atoms with Crippen molar-refractivity contribution in [3.8, 4) is 0 Å². The third kappa shape index (κ3) is 17.2. The molecular formula is C18H35NO3. The number of hydrogen-bond acceptors (Lipinski definition) is 3. The highest BCUT2D eigenvalue weighted by molar-refractivity contribution is 5.75. The number of carbonyl (C=O) groups is 2. The minimum Gasteiger partial charge on any atom is -0.396 e. The van der Waals surface area contributed by atoms with E-state index in [1.807, 2.05) is 0 Å². The zero-order valence-corrected chi connectivity index (χ0v) is 14.2. The zero-order chi connectivity index (χ0) is 16.3. The predicted molar refractivity (Wildman–Crippen MR) is 90.8 cm³/mol. The van der Waals surface area contributed by atoms with Gasteiger partial charge in [0.15, 0.2) is 0 Å². The van der Waals surface area contributed by atoms with Crippen LogP contribution >= 0.6 is 0 Å². The van der Waals surface area contributed by atoms with E-state index in [0.717, 1.165) is 57.8 Å². The Morgan fingerprint density at radius 2 is 1.32 bits per heavy atom. The van der Waals surface area contributed by atoms with E-state index in [4.69, 9.17) is 5.11 Å². The Bertz CT molecular complexity index is 257. The van der Waals surface area contributed by atoms with E-state index in [2.05, 4.69) is 5.32 Å². The number of aliphatic hydroxyl groups excluding tert-OH is 1. The van der Waals surface area contributed by atoms with E-state index in [0.29, 0.717) is 12.8 Å². The number of aldehydes is 1. The number of unbranched alkanes of at least 4 members (excludes halogenated alkanes) is 11. The normalized spacial score (nSPS) is 10.6. The molecule has 130 valence electrons. The van der Waals surface area contributed by atoms with E-state index in [1.54, 1.807) is 0 Å². The molecule has 0 heterocycles. The van der Waals surface area contributed by atoms with Crippen LogP contribution in [-0.2, 0) is 9.59 Å². The Labute approximate surface area is 136 Å². The smallest absolute Gasteiger partial charge is 0.219 e. The van der Waals surface area contributed by atoms with Crippen LogP contribution in [0.2, 0.25) is 0 Å². The maximum Gasteiger partial charge on any atom is 0.219 e. The van der Waals surface area contributed by atoms with Gasteiger partial charge in [-0.2, -0.15) is 0 Å². The molecule has 22 heavy (non-hydrogen) atoms. The monoisotopic (exact) mass is 313 g/mol. The summed E-state index contributed by atoms with van der Waals surface area (Å²) in [6, 6.07) is 0. The van der Waals surface area contributed by atoms with Crippen molar-refractivity contribution in [3.63, 3.8) is 0 Å².